The van der Waals surface area contributed by atoms with Crippen LogP contribution in [0.3, 0.4) is 0 Å². The number of carbonyl (C=O) groups excluding carboxylic acids is 1. The zero-order valence-corrected chi connectivity index (χ0v) is 12.3. The summed E-state index contributed by atoms with van der Waals surface area (Å²) in [5.74, 6) is -0.923. The van der Waals surface area contributed by atoms with E-state index >= 15 is 0 Å². The number of aliphatic carboxylic acids is 1. The van der Waals surface area contributed by atoms with E-state index in [9.17, 15) is 9.59 Å². The fourth-order valence-corrected chi connectivity index (χ4v) is 3.40. The molecule has 20 heavy (non-hydrogen) atoms. The van der Waals surface area contributed by atoms with Gasteiger partial charge in [0.25, 0.3) is 0 Å². The molecule has 0 aromatic heterocycles. The van der Waals surface area contributed by atoms with E-state index in [-0.39, 0.29) is 18.0 Å². The van der Waals surface area contributed by atoms with Crippen LogP contribution in [0.1, 0.15) is 57.8 Å². The fraction of sp³-hybridized carbons (Fsp3) is 0.867. The van der Waals surface area contributed by atoms with Crippen molar-refractivity contribution >= 4 is 12.0 Å². The second-order valence-corrected chi connectivity index (χ2v) is 6.24. The fourth-order valence-electron chi connectivity index (χ4n) is 3.40. The molecule has 0 atom stereocenters. The molecule has 2 aliphatic rings. The van der Waals surface area contributed by atoms with Crippen LogP contribution in [0.25, 0.3) is 0 Å². The van der Waals surface area contributed by atoms with Crippen LogP contribution in [-0.4, -0.2) is 41.1 Å². The monoisotopic (exact) mass is 282 g/mol. The summed E-state index contributed by atoms with van der Waals surface area (Å²) in [5, 5.41) is 12.0. The van der Waals surface area contributed by atoms with Gasteiger partial charge in [0.05, 0.1) is 5.92 Å². The molecule has 2 N–H and O–H groups in total. The van der Waals surface area contributed by atoms with Gasteiger partial charge in [-0.3, -0.25) is 4.79 Å². The molecule has 2 amide bonds. The highest BCUT2D eigenvalue weighted by Gasteiger charge is 2.28. The van der Waals surface area contributed by atoms with E-state index in [1.54, 1.807) is 0 Å². The summed E-state index contributed by atoms with van der Waals surface area (Å²) in [6.45, 7) is 0. The van der Waals surface area contributed by atoms with Gasteiger partial charge in [-0.25, -0.2) is 4.79 Å². The van der Waals surface area contributed by atoms with Gasteiger partial charge in [-0.1, -0.05) is 19.3 Å². The molecule has 0 heterocycles. The van der Waals surface area contributed by atoms with E-state index in [4.69, 9.17) is 5.11 Å². The minimum absolute atomic E-state index is 0.00988. The van der Waals surface area contributed by atoms with Crippen molar-refractivity contribution in [2.45, 2.75) is 69.9 Å². The molecule has 2 fully saturated rings. The van der Waals surface area contributed by atoms with Crippen LogP contribution in [0.5, 0.6) is 0 Å². The van der Waals surface area contributed by atoms with Gasteiger partial charge in [-0.2, -0.15) is 0 Å². The molecule has 0 bridgehead atoms. The van der Waals surface area contributed by atoms with Crippen LogP contribution in [0, 0.1) is 5.92 Å². The average molecular weight is 282 g/mol. The van der Waals surface area contributed by atoms with Gasteiger partial charge in [0, 0.05) is 19.1 Å². The normalized spacial score (nSPS) is 27.9. The number of amides is 2. The Hall–Kier alpha value is -1.26. The first kappa shape index (κ1) is 15.1. The maximum absolute atomic E-state index is 12.2. The molecule has 0 unspecified atom stereocenters. The largest absolute Gasteiger partial charge is 0.481 e. The van der Waals surface area contributed by atoms with E-state index in [2.05, 4.69) is 5.32 Å². The second-order valence-electron chi connectivity index (χ2n) is 6.24. The molecule has 0 aromatic rings. The van der Waals surface area contributed by atoms with Gasteiger partial charge in [0.15, 0.2) is 0 Å². The van der Waals surface area contributed by atoms with Crippen LogP contribution >= 0.6 is 0 Å². The smallest absolute Gasteiger partial charge is 0.317 e. The summed E-state index contributed by atoms with van der Waals surface area (Å²) in [5.41, 5.74) is 0. The SMILES string of the molecule is CN(C(=O)NC1CCC(C(=O)O)CC1)C1CCCCC1. The molecular weight excluding hydrogens is 256 g/mol. The maximum Gasteiger partial charge on any atom is 0.317 e. The summed E-state index contributed by atoms with van der Waals surface area (Å²) >= 11 is 0. The number of nitrogens with zero attached hydrogens (tertiary/aromatic N) is 1. The van der Waals surface area contributed by atoms with E-state index < -0.39 is 5.97 Å². The molecule has 0 aliphatic heterocycles. The van der Waals surface area contributed by atoms with Crippen LogP contribution in [-0.2, 0) is 4.79 Å². The molecule has 0 saturated heterocycles. The van der Waals surface area contributed by atoms with E-state index in [0.717, 1.165) is 25.7 Å². The Morgan fingerprint density at radius 1 is 1.00 bits per heavy atom. The Balaban J connectivity index is 1.75. The van der Waals surface area contributed by atoms with Gasteiger partial charge >= 0.3 is 12.0 Å². The Labute approximate surface area is 120 Å². The lowest BCUT2D eigenvalue weighted by Gasteiger charge is -2.34. The van der Waals surface area contributed by atoms with Gasteiger partial charge in [0.2, 0.25) is 0 Å². The number of nitrogens with one attached hydrogen (secondary N) is 1. The topological polar surface area (TPSA) is 69.6 Å². The van der Waals surface area contributed by atoms with Crippen molar-refractivity contribution in [3.05, 3.63) is 0 Å². The standard InChI is InChI=1S/C15H26N2O3/c1-17(13-5-3-2-4-6-13)15(20)16-12-9-7-11(8-10-12)14(18)19/h11-13H,2-10H2,1H3,(H,16,20)(H,18,19). The number of hydrogen-bond acceptors (Lipinski definition) is 2. The van der Waals surface area contributed by atoms with Crippen molar-refractivity contribution in [1.29, 1.82) is 0 Å². The molecule has 2 aliphatic carbocycles. The third-order valence-electron chi connectivity index (χ3n) is 4.85. The van der Waals surface area contributed by atoms with Crippen LogP contribution in [0.15, 0.2) is 0 Å². The minimum atomic E-state index is -0.700. The lowest BCUT2D eigenvalue weighted by atomic mass is 9.86. The zero-order chi connectivity index (χ0) is 14.5. The Bertz CT molecular complexity index is 345. The number of rotatable bonds is 3. The van der Waals surface area contributed by atoms with Crippen LogP contribution in [0.2, 0.25) is 0 Å². The number of carboxylic acids is 1. The molecule has 0 radical (unpaired) electrons. The van der Waals surface area contributed by atoms with E-state index in [1.807, 2.05) is 11.9 Å². The van der Waals surface area contributed by atoms with Crippen molar-refractivity contribution in [3.63, 3.8) is 0 Å². The first-order valence-electron chi connectivity index (χ1n) is 7.84. The predicted octanol–water partition coefficient (Wildman–Crippen LogP) is 2.60. The molecule has 2 saturated carbocycles. The summed E-state index contributed by atoms with van der Waals surface area (Å²) in [6.07, 6.45) is 8.83. The summed E-state index contributed by atoms with van der Waals surface area (Å²) < 4.78 is 0. The van der Waals surface area contributed by atoms with Crippen molar-refractivity contribution in [2.24, 2.45) is 5.92 Å². The van der Waals surface area contributed by atoms with Gasteiger partial charge in [-0.05, 0) is 38.5 Å². The lowest BCUT2D eigenvalue weighted by molar-refractivity contribution is -0.142. The van der Waals surface area contributed by atoms with Gasteiger partial charge in [0.1, 0.15) is 0 Å². The van der Waals surface area contributed by atoms with Crippen molar-refractivity contribution in [1.82, 2.24) is 10.2 Å². The first-order chi connectivity index (χ1) is 9.58. The average Bonchev–Trinajstić information content (AvgIpc) is 2.48. The van der Waals surface area contributed by atoms with E-state index in [1.165, 1.54) is 19.3 Å². The Morgan fingerprint density at radius 3 is 2.15 bits per heavy atom. The summed E-state index contributed by atoms with van der Waals surface area (Å²) in [6, 6.07) is 0.527. The summed E-state index contributed by atoms with van der Waals surface area (Å²) in [4.78, 5) is 25.0. The third-order valence-corrected chi connectivity index (χ3v) is 4.85. The zero-order valence-electron chi connectivity index (χ0n) is 12.3. The number of urea groups is 1. The molecule has 5 heteroatoms. The number of carbonyl (C=O) groups is 2. The lowest BCUT2D eigenvalue weighted by Crippen LogP contribution is -2.48. The van der Waals surface area contributed by atoms with E-state index in [0.29, 0.717) is 18.9 Å². The van der Waals surface area contributed by atoms with Crippen LogP contribution in [0.4, 0.5) is 4.79 Å². The molecule has 0 spiro atoms. The molecule has 2 rings (SSSR count). The summed E-state index contributed by atoms with van der Waals surface area (Å²) in [7, 11) is 1.88. The highest BCUT2D eigenvalue weighted by Crippen LogP contribution is 2.25. The van der Waals surface area contributed by atoms with Gasteiger partial charge in [-0.15, -0.1) is 0 Å². The molecular formula is C15H26N2O3. The van der Waals surface area contributed by atoms with Crippen LogP contribution < -0.4 is 5.32 Å². The molecule has 5 nitrogen and oxygen atoms in total. The quantitative estimate of drug-likeness (QED) is 0.836. The molecule has 114 valence electrons. The Kier molecular flexibility index (Phi) is 5.26. The highest BCUT2D eigenvalue weighted by molar-refractivity contribution is 5.74. The number of hydrogen-bond donors (Lipinski definition) is 2. The highest BCUT2D eigenvalue weighted by atomic mass is 16.4. The van der Waals surface area contributed by atoms with Gasteiger partial charge < -0.3 is 15.3 Å². The maximum atomic E-state index is 12.2. The first-order valence-corrected chi connectivity index (χ1v) is 7.84. The minimum Gasteiger partial charge on any atom is -0.481 e. The second kappa shape index (κ2) is 6.95. The Morgan fingerprint density at radius 2 is 1.60 bits per heavy atom. The van der Waals surface area contributed by atoms with Crippen molar-refractivity contribution < 1.29 is 14.7 Å². The predicted molar refractivity (Wildman–Crippen MR) is 76.5 cm³/mol. The van der Waals surface area contributed by atoms with Crippen molar-refractivity contribution in [2.75, 3.05) is 7.05 Å². The number of carboxylic acid groups (broad SMARTS) is 1. The third kappa shape index (κ3) is 3.87. The van der Waals surface area contributed by atoms with Crippen molar-refractivity contribution in [3.8, 4) is 0 Å². The molecule has 0 aromatic carbocycles.